The van der Waals surface area contributed by atoms with Crippen molar-refractivity contribution in [1.29, 1.82) is 0 Å². The lowest BCUT2D eigenvalue weighted by Gasteiger charge is -2.47. The molecule has 1 heteroatoms. The van der Waals surface area contributed by atoms with Crippen LogP contribution in [0.5, 0.6) is 0 Å². The largest absolute Gasteiger partial charge is 0.195 e. The summed E-state index contributed by atoms with van der Waals surface area (Å²) in [5.41, 5.74) is 15.3. The van der Waals surface area contributed by atoms with Crippen LogP contribution >= 0.6 is 0 Å². The summed E-state index contributed by atoms with van der Waals surface area (Å²) < 4.78 is 0. The molecular formula is C49H38B-. The average molecular weight is 638 g/mol. The van der Waals surface area contributed by atoms with Crippen molar-refractivity contribution in [2.24, 2.45) is 0 Å². The first-order valence-electron chi connectivity index (χ1n) is 17.6. The molecule has 0 nitrogen and oxygen atoms in total. The maximum Gasteiger partial charge on any atom is 0.108 e. The van der Waals surface area contributed by atoms with Crippen LogP contribution < -0.4 is 21.9 Å². The molecule has 0 heterocycles. The average Bonchev–Trinajstić information content (AvgIpc) is 3.21. The third-order valence-corrected chi connectivity index (χ3v) is 10.3. The standard InChI is InChI=1S/C49H38B/c1-8-22-38(23-9-1)36-46-47(50(42-30-16-5-17-31-42,43-32-18-6-19-33-43)44-34-20-7-21-35-44)37-45(39-24-10-2-11-25-39)48(40-26-12-3-13-27-40)49(46)41-28-14-4-15-29-41/h1-35,37H,36H2/q-1. The Morgan fingerprint density at radius 2 is 0.660 bits per heavy atom. The first-order valence-corrected chi connectivity index (χ1v) is 17.6. The van der Waals surface area contributed by atoms with Gasteiger partial charge >= 0.3 is 0 Å². The van der Waals surface area contributed by atoms with Gasteiger partial charge in [0.05, 0.1) is 0 Å². The molecule has 8 aromatic rings. The van der Waals surface area contributed by atoms with E-state index >= 15 is 0 Å². The number of hydrogen-bond acceptors (Lipinski definition) is 0. The Labute approximate surface area is 296 Å². The molecule has 50 heavy (non-hydrogen) atoms. The third kappa shape index (κ3) is 5.78. The Hall–Kier alpha value is -6.18. The lowest BCUT2D eigenvalue weighted by Crippen LogP contribution is -2.75. The molecule has 0 fully saturated rings. The van der Waals surface area contributed by atoms with Crippen LogP contribution in [-0.4, -0.2) is 6.15 Å². The van der Waals surface area contributed by atoms with E-state index in [2.05, 4.69) is 218 Å². The van der Waals surface area contributed by atoms with Crippen LogP contribution in [0, 0.1) is 0 Å². The molecule has 0 unspecified atom stereocenters. The van der Waals surface area contributed by atoms with E-state index in [-0.39, 0.29) is 0 Å². The maximum atomic E-state index is 2.55. The minimum absolute atomic E-state index is 0.783. The third-order valence-electron chi connectivity index (χ3n) is 10.3. The molecule has 0 bridgehead atoms. The molecule has 0 aliphatic rings. The van der Waals surface area contributed by atoms with Crippen molar-refractivity contribution in [3.8, 4) is 33.4 Å². The molecule has 8 aromatic carbocycles. The summed E-state index contributed by atoms with van der Waals surface area (Å²) in [4.78, 5) is 0. The van der Waals surface area contributed by atoms with Crippen molar-refractivity contribution in [2.75, 3.05) is 0 Å². The molecule has 0 radical (unpaired) electrons. The van der Waals surface area contributed by atoms with Crippen LogP contribution in [0.25, 0.3) is 33.4 Å². The van der Waals surface area contributed by atoms with E-state index in [0.29, 0.717) is 0 Å². The van der Waals surface area contributed by atoms with Gasteiger partial charge in [0, 0.05) is 0 Å². The van der Waals surface area contributed by atoms with E-state index in [0.717, 1.165) is 6.42 Å². The second-order valence-electron chi connectivity index (χ2n) is 13.1. The molecule has 0 aliphatic carbocycles. The Bertz CT molecular complexity index is 2190. The fourth-order valence-corrected chi connectivity index (χ4v) is 8.14. The van der Waals surface area contributed by atoms with Gasteiger partial charge in [-0.2, -0.15) is 21.9 Å². The van der Waals surface area contributed by atoms with Crippen molar-refractivity contribution in [3.05, 3.63) is 230 Å². The highest BCUT2D eigenvalue weighted by atomic mass is 14.3. The minimum Gasteiger partial charge on any atom is -0.195 e. The number of benzene rings is 8. The van der Waals surface area contributed by atoms with E-state index < -0.39 is 6.15 Å². The van der Waals surface area contributed by atoms with E-state index in [1.165, 1.54) is 66.4 Å². The summed E-state index contributed by atoms with van der Waals surface area (Å²) in [6.45, 7) is 0. The molecule has 238 valence electrons. The SMILES string of the molecule is c1ccc(Cc2c([B-](c3ccccc3)(c3ccccc3)c3ccccc3)cc(-c3ccccc3)c(-c3ccccc3)c2-c2ccccc2)cc1. The summed E-state index contributed by atoms with van der Waals surface area (Å²) in [6.07, 6.45) is -0.891. The van der Waals surface area contributed by atoms with Gasteiger partial charge in [-0.1, -0.05) is 224 Å². The Balaban J connectivity index is 1.64. The highest BCUT2D eigenvalue weighted by Crippen LogP contribution is 2.43. The van der Waals surface area contributed by atoms with Gasteiger partial charge in [-0.3, -0.25) is 0 Å². The van der Waals surface area contributed by atoms with Crippen LogP contribution in [-0.2, 0) is 6.42 Å². The fraction of sp³-hybridized carbons (Fsp3) is 0.0204. The van der Waals surface area contributed by atoms with E-state index in [4.69, 9.17) is 0 Å². The van der Waals surface area contributed by atoms with Crippen molar-refractivity contribution in [3.63, 3.8) is 0 Å². The van der Waals surface area contributed by atoms with Gasteiger partial charge in [-0.25, -0.2) is 0 Å². The highest BCUT2D eigenvalue weighted by Gasteiger charge is 2.35. The Morgan fingerprint density at radius 3 is 1.08 bits per heavy atom. The lowest BCUT2D eigenvalue weighted by molar-refractivity contribution is 1.21. The smallest absolute Gasteiger partial charge is 0.108 e. The summed E-state index contributed by atoms with van der Waals surface area (Å²) in [5.74, 6) is 0. The predicted molar refractivity (Wildman–Crippen MR) is 216 cm³/mol. The first-order chi connectivity index (χ1) is 24.8. The van der Waals surface area contributed by atoms with Crippen LogP contribution in [0.3, 0.4) is 0 Å². The molecule has 0 amide bonds. The molecule has 0 atom stereocenters. The lowest BCUT2D eigenvalue weighted by atomic mass is 9.12. The molecule has 0 spiro atoms. The normalized spacial score (nSPS) is 11.3. The van der Waals surface area contributed by atoms with Gasteiger partial charge in [0.1, 0.15) is 6.15 Å². The zero-order valence-corrected chi connectivity index (χ0v) is 28.1. The number of rotatable bonds is 9. The number of hydrogen-bond donors (Lipinski definition) is 0. The minimum atomic E-state index is -1.67. The summed E-state index contributed by atoms with van der Waals surface area (Å²) in [6, 6.07) is 80.1. The summed E-state index contributed by atoms with van der Waals surface area (Å²) in [7, 11) is 0. The predicted octanol–water partition coefficient (Wildman–Crippen LogP) is 9.66. The molecule has 0 aromatic heterocycles. The van der Waals surface area contributed by atoms with Gasteiger partial charge < -0.3 is 0 Å². The van der Waals surface area contributed by atoms with Crippen molar-refractivity contribution < 1.29 is 0 Å². The second-order valence-corrected chi connectivity index (χ2v) is 13.1. The van der Waals surface area contributed by atoms with E-state index in [1.54, 1.807) is 0 Å². The molecule has 0 N–H and O–H groups in total. The Morgan fingerprint density at radius 1 is 0.320 bits per heavy atom. The fourth-order valence-electron chi connectivity index (χ4n) is 8.14. The summed E-state index contributed by atoms with van der Waals surface area (Å²) >= 11 is 0. The zero-order valence-electron chi connectivity index (χ0n) is 28.1. The topological polar surface area (TPSA) is 0 Å². The van der Waals surface area contributed by atoms with Crippen molar-refractivity contribution in [1.82, 2.24) is 0 Å². The Kier molecular flexibility index (Phi) is 8.79. The molecular weight excluding hydrogens is 599 g/mol. The van der Waals surface area contributed by atoms with Gasteiger partial charge in [-0.05, 0) is 45.4 Å². The quantitative estimate of drug-likeness (QED) is 0.138. The van der Waals surface area contributed by atoms with Crippen LogP contribution in [0.15, 0.2) is 218 Å². The molecule has 8 rings (SSSR count). The second kappa shape index (κ2) is 14.1. The van der Waals surface area contributed by atoms with Gasteiger partial charge in [0.25, 0.3) is 0 Å². The zero-order chi connectivity index (χ0) is 33.6. The van der Waals surface area contributed by atoms with Gasteiger partial charge in [0.15, 0.2) is 0 Å². The first kappa shape index (κ1) is 31.1. The van der Waals surface area contributed by atoms with Crippen molar-refractivity contribution >= 4 is 28.0 Å². The van der Waals surface area contributed by atoms with Crippen LogP contribution in [0.4, 0.5) is 0 Å². The van der Waals surface area contributed by atoms with E-state index in [1.807, 2.05) is 0 Å². The highest BCUT2D eigenvalue weighted by molar-refractivity contribution is 7.20. The maximum absolute atomic E-state index is 2.55. The molecule has 0 saturated heterocycles. The van der Waals surface area contributed by atoms with Crippen LogP contribution in [0.1, 0.15) is 11.1 Å². The van der Waals surface area contributed by atoms with Gasteiger partial charge in [-0.15, -0.1) is 0 Å². The molecule has 0 aliphatic heterocycles. The van der Waals surface area contributed by atoms with E-state index in [9.17, 15) is 0 Å². The van der Waals surface area contributed by atoms with Gasteiger partial charge in [0.2, 0.25) is 0 Å². The monoisotopic (exact) mass is 637 g/mol. The summed E-state index contributed by atoms with van der Waals surface area (Å²) in [5, 5.41) is 0. The van der Waals surface area contributed by atoms with Crippen molar-refractivity contribution in [2.45, 2.75) is 6.42 Å². The van der Waals surface area contributed by atoms with Crippen LogP contribution in [0.2, 0.25) is 0 Å². The molecule has 0 saturated carbocycles.